The van der Waals surface area contributed by atoms with E-state index in [1.165, 1.54) is 16.7 Å². The minimum Gasteiger partial charge on any atom is -0.480 e. The molecule has 2 rings (SSSR count). The summed E-state index contributed by atoms with van der Waals surface area (Å²) in [6.45, 7) is 2.22. The summed E-state index contributed by atoms with van der Waals surface area (Å²) in [5, 5.41) is 12.5. The van der Waals surface area contributed by atoms with Crippen molar-refractivity contribution < 1.29 is 24.2 Å². The number of hydrogen-bond donors (Lipinski definition) is 3. The van der Waals surface area contributed by atoms with Gasteiger partial charge in [-0.25, -0.2) is 0 Å². The standard InChI is InChI=1S/C21H31N3O5S.2ClH/c1-2-29-21(28)15(9-5-3-4-8-12-22)23-16-14-30-18-11-7-6-10-17(18)24(20(16)27)13-19(25)26;;/h6-7,10-11,15-16,23H,2-5,8-9,12-14,22H2,1H3,(H,25,26);2*1H/t15-,16?;;/m1../s1. The fourth-order valence-corrected chi connectivity index (χ4v) is 4.46. The number of fused-ring (bicyclic) bond motifs is 1. The molecule has 2 atom stereocenters. The quantitative estimate of drug-likeness (QED) is 0.290. The van der Waals surface area contributed by atoms with E-state index in [0.29, 0.717) is 24.4 Å². The summed E-state index contributed by atoms with van der Waals surface area (Å²) >= 11 is 1.47. The van der Waals surface area contributed by atoms with Crippen molar-refractivity contribution in [2.24, 2.45) is 5.73 Å². The van der Waals surface area contributed by atoms with Crippen LogP contribution in [-0.2, 0) is 19.1 Å². The molecule has 0 bridgehead atoms. The predicted molar refractivity (Wildman–Crippen MR) is 131 cm³/mol. The molecule has 1 aromatic carbocycles. The van der Waals surface area contributed by atoms with E-state index in [4.69, 9.17) is 10.5 Å². The van der Waals surface area contributed by atoms with Crippen LogP contribution in [0.2, 0.25) is 0 Å². The molecule has 1 aliphatic heterocycles. The maximum Gasteiger partial charge on any atom is 0.323 e. The van der Waals surface area contributed by atoms with Crippen LogP contribution >= 0.6 is 36.6 Å². The van der Waals surface area contributed by atoms with Crippen molar-refractivity contribution in [2.75, 3.05) is 30.3 Å². The molecular formula is C21H33Cl2N3O5S. The topological polar surface area (TPSA) is 122 Å². The minimum absolute atomic E-state index is 0. The van der Waals surface area contributed by atoms with Gasteiger partial charge in [-0.2, -0.15) is 0 Å². The van der Waals surface area contributed by atoms with E-state index < -0.39 is 24.6 Å². The first-order chi connectivity index (χ1) is 14.5. The third-order valence-electron chi connectivity index (χ3n) is 4.84. The third kappa shape index (κ3) is 9.15. The fraction of sp³-hybridized carbons (Fsp3) is 0.571. The van der Waals surface area contributed by atoms with Crippen molar-refractivity contribution in [1.29, 1.82) is 0 Å². The highest BCUT2D eigenvalue weighted by atomic mass is 35.5. The molecule has 1 unspecified atom stereocenters. The van der Waals surface area contributed by atoms with E-state index in [9.17, 15) is 19.5 Å². The number of unbranched alkanes of at least 4 members (excludes halogenated alkanes) is 3. The average Bonchev–Trinajstić information content (AvgIpc) is 2.84. The molecule has 1 aromatic rings. The molecular weight excluding hydrogens is 477 g/mol. The largest absolute Gasteiger partial charge is 0.480 e. The van der Waals surface area contributed by atoms with Crippen LogP contribution in [0.4, 0.5) is 5.69 Å². The zero-order valence-electron chi connectivity index (χ0n) is 18.2. The Labute approximate surface area is 205 Å². The summed E-state index contributed by atoms with van der Waals surface area (Å²) in [6.07, 6.45) is 4.23. The second-order valence-corrected chi connectivity index (χ2v) is 8.17. The Morgan fingerprint density at radius 1 is 1.25 bits per heavy atom. The Balaban J connectivity index is 0.00000480. The molecule has 1 aliphatic rings. The zero-order chi connectivity index (χ0) is 21.9. The number of amides is 1. The molecule has 1 heterocycles. The number of esters is 1. The Hall–Kier alpha value is -1.52. The molecule has 0 radical (unpaired) electrons. The van der Waals surface area contributed by atoms with Gasteiger partial charge in [-0.3, -0.25) is 24.6 Å². The van der Waals surface area contributed by atoms with Crippen LogP contribution in [0.5, 0.6) is 0 Å². The molecule has 0 saturated carbocycles. The van der Waals surface area contributed by atoms with Crippen LogP contribution in [0.15, 0.2) is 29.2 Å². The highest BCUT2D eigenvalue weighted by Crippen LogP contribution is 2.34. The van der Waals surface area contributed by atoms with E-state index in [2.05, 4.69) is 5.32 Å². The van der Waals surface area contributed by atoms with Crippen LogP contribution in [0.1, 0.15) is 39.0 Å². The highest BCUT2D eigenvalue weighted by molar-refractivity contribution is 7.99. The van der Waals surface area contributed by atoms with Gasteiger partial charge in [-0.05, 0) is 38.4 Å². The lowest BCUT2D eigenvalue weighted by molar-refractivity contribution is -0.146. The lowest BCUT2D eigenvalue weighted by Gasteiger charge is -2.27. The molecule has 11 heteroatoms. The van der Waals surface area contributed by atoms with Gasteiger partial charge in [-0.15, -0.1) is 36.6 Å². The maximum atomic E-state index is 13.2. The van der Waals surface area contributed by atoms with Gasteiger partial charge in [0.25, 0.3) is 0 Å². The number of aliphatic carboxylic acids is 1. The number of ether oxygens (including phenoxy) is 1. The molecule has 182 valence electrons. The Morgan fingerprint density at radius 2 is 1.94 bits per heavy atom. The number of anilines is 1. The zero-order valence-corrected chi connectivity index (χ0v) is 20.6. The van der Waals surface area contributed by atoms with Gasteiger partial charge in [0.15, 0.2) is 0 Å². The summed E-state index contributed by atoms with van der Waals surface area (Å²) in [6, 6.07) is 5.92. The molecule has 32 heavy (non-hydrogen) atoms. The molecule has 8 nitrogen and oxygen atoms in total. The van der Waals surface area contributed by atoms with Crippen molar-refractivity contribution in [3.8, 4) is 0 Å². The van der Waals surface area contributed by atoms with Crippen LogP contribution in [-0.4, -0.2) is 60.5 Å². The lowest BCUT2D eigenvalue weighted by Crippen LogP contribution is -2.54. The van der Waals surface area contributed by atoms with E-state index in [1.807, 2.05) is 12.1 Å². The second-order valence-electron chi connectivity index (χ2n) is 7.11. The number of carbonyl (C=O) groups excluding carboxylic acids is 2. The first-order valence-electron chi connectivity index (χ1n) is 10.4. The molecule has 0 spiro atoms. The second kappa shape index (κ2) is 16.1. The molecule has 0 aliphatic carbocycles. The molecule has 1 amide bonds. The van der Waals surface area contributed by atoms with Crippen molar-refractivity contribution in [1.82, 2.24) is 5.32 Å². The van der Waals surface area contributed by atoms with Crippen LogP contribution < -0.4 is 16.0 Å². The summed E-state index contributed by atoms with van der Waals surface area (Å²) in [5.74, 6) is -1.44. The molecule has 4 N–H and O–H groups in total. The van der Waals surface area contributed by atoms with Gasteiger partial charge in [0, 0.05) is 10.6 Å². The Bertz CT molecular complexity index is 741. The number of nitrogens with one attached hydrogen (secondary N) is 1. The molecule has 0 fully saturated rings. The summed E-state index contributed by atoms with van der Waals surface area (Å²) < 4.78 is 5.20. The normalized spacial score (nSPS) is 16.1. The van der Waals surface area contributed by atoms with E-state index in [-0.39, 0.29) is 43.3 Å². The maximum absolute atomic E-state index is 13.2. The average molecular weight is 510 g/mol. The monoisotopic (exact) mass is 509 g/mol. The van der Waals surface area contributed by atoms with Crippen LogP contribution in [0.3, 0.4) is 0 Å². The number of rotatable bonds is 12. The SMILES string of the molecule is CCOC(=O)[C@@H](CCCCCCN)NC1CSc2ccccc2N(CC(=O)O)C1=O.Cl.Cl. The van der Waals surface area contributed by atoms with Crippen molar-refractivity contribution in [3.05, 3.63) is 24.3 Å². The number of carboxylic acids is 1. The number of para-hydroxylation sites is 1. The van der Waals surface area contributed by atoms with Gasteiger partial charge < -0.3 is 15.6 Å². The summed E-state index contributed by atoms with van der Waals surface area (Å²) in [4.78, 5) is 39.2. The number of thioether (sulfide) groups is 1. The first-order valence-corrected chi connectivity index (χ1v) is 11.3. The van der Waals surface area contributed by atoms with Gasteiger partial charge in [-0.1, -0.05) is 31.4 Å². The number of halogens is 2. The Kier molecular flexibility index (Phi) is 15.4. The van der Waals surface area contributed by atoms with Crippen molar-refractivity contribution >= 4 is 60.1 Å². The van der Waals surface area contributed by atoms with Crippen LogP contribution in [0, 0.1) is 0 Å². The fourth-order valence-electron chi connectivity index (χ4n) is 3.37. The van der Waals surface area contributed by atoms with Gasteiger partial charge >= 0.3 is 11.9 Å². The van der Waals surface area contributed by atoms with Gasteiger partial charge in [0.2, 0.25) is 5.91 Å². The highest BCUT2D eigenvalue weighted by Gasteiger charge is 2.34. The van der Waals surface area contributed by atoms with E-state index >= 15 is 0 Å². The van der Waals surface area contributed by atoms with Crippen LogP contribution in [0.25, 0.3) is 0 Å². The number of benzene rings is 1. The summed E-state index contributed by atoms with van der Waals surface area (Å²) in [7, 11) is 0. The predicted octanol–water partition coefficient (Wildman–Crippen LogP) is 2.85. The third-order valence-corrected chi connectivity index (χ3v) is 6.00. The van der Waals surface area contributed by atoms with Gasteiger partial charge in [0.05, 0.1) is 18.3 Å². The Morgan fingerprint density at radius 3 is 2.59 bits per heavy atom. The smallest absolute Gasteiger partial charge is 0.323 e. The first kappa shape index (κ1) is 30.5. The number of nitrogens with zero attached hydrogens (tertiary/aromatic N) is 1. The van der Waals surface area contributed by atoms with Crippen molar-refractivity contribution in [2.45, 2.75) is 56.0 Å². The lowest BCUT2D eigenvalue weighted by atomic mass is 10.1. The number of carbonyl (C=O) groups is 3. The minimum atomic E-state index is -1.09. The number of hydrogen-bond acceptors (Lipinski definition) is 7. The molecule has 0 aromatic heterocycles. The van der Waals surface area contributed by atoms with E-state index in [1.54, 1.807) is 19.1 Å². The van der Waals surface area contributed by atoms with Gasteiger partial charge in [0.1, 0.15) is 12.6 Å². The summed E-state index contributed by atoms with van der Waals surface area (Å²) in [5.41, 5.74) is 6.10. The number of carboxylic acid groups (broad SMARTS) is 1. The van der Waals surface area contributed by atoms with E-state index in [0.717, 1.165) is 30.6 Å². The molecule has 0 saturated heterocycles. The number of nitrogens with two attached hydrogens (primary N) is 1. The van der Waals surface area contributed by atoms with Crippen molar-refractivity contribution in [3.63, 3.8) is 0 Å².